The number of hydrogen-bond acceptors (Lipinski definition) is 7. The van der Waals surface area contributed by atoms with Crippen LogP contribution in [0.25, 0.3) is 0 Å². The van der Waals surface area contributed by atoms with Crippen LogP contribution >= 0.6 is 0 Å². The maximum Gasteiger partial charge on any atom is 0.335 e. The molecule has 24 heavy (non-hydrogen) atoms. The van der Waals surface area contributed by atoms with Crippen LogP contribution in [-0.2, 0) is 35.1 Å². The van der Waals surface area contributed by atoms with Gasteiger partial charge in [-0.3, -0.25) is 4.79 Å². The molecular formula is C16H20O8. The summed E-state index contributed by atoms with van der Waals surface area (Å²) in [6, 6.07) is 9.11. The molecule has 1 fully saturated rings. The van der Waals surface area contributed by atoms with Gasteiger partial charge in [-0.1, -0.05) is 30.3 Å². The first kappa shape index (κ1) is 18.3. The van der Waals surface area contributed by atoms with Crippen molar-refractivity contribution in [1.82, 2.24) is 0 Å². The van der Waals surface area contributed by atoms with Crippen LogP contribution in [0.1, 0.15) is 12.5 Å². The fourth-order valence-corrected chi connectivity index (χ4v) is 2.49. The summed E-state index contributed by atoms with van der Waals surface area (Å²) in [6.07, 6.45) is -6.46. The molecule has 1 saturated heterocycles. The lowest BCUT2D eigenvalue weighted by Crippen LogP contribution is -2.62. The van der Waals surface area contributed by atoms with Crippen LogP contribution in [0.15, 0.2) is 30.3 Å². The van der Waals surface area contributed by atoms with Gasteiger partial charge in [0.05, 0.1) is 6.61 Å². The zero-order valence-corrected chi connectivity index (χ0v) is 13.3. The number of carboxylic acids is 1. The van der Waals surface area contributed by atoms with Gasteiger partial charge in [0.25, 0.3) is 0 Å². The predicted octanol–water partition coefficient (Wildman–Crippen LogP) is 0.320. The minimum absolute atomic E-state index is 0.100. The van der Waals surface area contributed by atoms with Crippen LogP contribution in [-0.4, -0.2) is 60.0 Å². The van der Waals surface area contributed by atoms with Gasteiger partial charge in [-0.25, -0.2) is 4.79 Å². The third-order valence-corrected chi connectivity index (χ3v) is 3.58. The third-order valence-electron chi connectivity index (χ3n) is 3.58. The first-order valence-electron chi connectivity index (χ1n) is 7.36. The second-order valence-corrected chi connectivity index (χ2v) is 5.32. The Balaban J connectivity index is 2.20. The highest BCUT2D eigenvalue weighted by Gasteiger charge is 2.51. The molecular weight excluding hydrogens is 320 g/mol. The van der Waals surface area contributed by atoms with Gasteiger partial charge in [-0.2, -0.15) is 0 Å². The fraction of sp³-hybridized carbons (Fsp3) is 0.500. The molecule has 0 saturated carbocycles. The van der Waals surface area contributed by atoms with E-state index in [2.05, 4.69) is 0 Å². The lowest BCUT2D eigenvalue weighted by molar-refractivity contribution is -0.299. The highest BCUT2D eigenvalue weighted by molar-refractivity contribution is 5.73. The Morgan fingerprint density at radius 2 is 1.88 bits per heavy atom. The molecule has 2 rings (SSSR count). The van der Waals surface area contributed by atoms with Crippen LogP contribution in [0, 0.1) is 0 Å². The van der Waals surface area contributed by atoms with Crippen molar-refractivity contribution in [2.75, 3.05) is 7.11 Å². The summed E-state index contributed by atoms with van der Waals surface area (Å²) in [5.74, 6) is -1.99. The van der Waals surface area contributed by atoms with E-state index in [4.69, 9.17) is 18.9 Å². The van der Waals surface area contributed by atoms with E-state index < -0.39 is 42.6 Å². The summed E-state index contributed by atoms with van der Waals surface area (Å²) >= 11 is 0. The molecule has 1 aromatic rings. The number of carbonyl (C=O) groups excluding carboxylic acids is 1. The van der Waals surface area contributed by atoms with Crippen molar-refractivity contribution in [3.05, 3.63) is 35.9 Å². The molecule has 8 nitrogen and oxygen atoms in total. The molecule has 0 unspecified atom stereocenters. The number of methoxy groups -OCH3 is 1. The zero-order chi connectivity index (χ0) is 17.7. The number of aliphatic carboxylic acids is 1. The first-order valence-corrected chi connectivity index (χ1v) is 7.36. The van der Waals surface area contributed by atoms with Crippen molar-refractivity contribution >= 4 is 11.9 Å². The molecule has 8 heteroatoms. The largest absolute Gasteiger partial charge is 0.479 e. The minimum atomic E-state index is -1.55. The van der Waals surface area contributed by atoms with Gasteiger partial charge >= 0.3 is 11.9 Å². The summed E-state index contributed by atoms with van der Waals surface area (Å²) in [5, 5.41) is 19.5. The van der Waals surface area contributed by atoms with Gasteiger partial charge in [-0.05, 0) is 5.56 Å². The molecule has 1 heterocycles. The van der Waals surface area contributed by atoms with Crippen molar-refractivity contribution in [3.63, 3.8) is 0 Å². The average Bonchev–Trinajstić information content (AvgIpc) is 2.54. The maximum absolute atomic E-state index is 11.3. The van der Waals surface area contributed by atoms with Gasteiger partial charge < -0.3 is 29.2 Å². The molecule has 2 N–H and O–H groups in total. The van der Waals surface area contributed by atoms with E-state index in [9.17, 15) is 19.8 Å². The number of aliphatic hydroxyl groups is 1. The fourth-order valence-electron chi connectivity index (χ4n) is 2.49. The standard InChI is InChI=1S/C16H20O8/c1-9(17)23-14-12(22-8-10-6-4-3-5-7-10)11(18)13(15(19)20)24-16(14)21-2/h3-7,11-14,16,18H,8H2,1-2H3,(H,19,20)/t11-,12-,13+,14+,16+/m0/s1. The highest BCUT2D eigenvalue weighted by Crippen LogP contribution is 2.27. The second kappa shape index (κ2) is 8.20. The van der Waals surface area contributed by atoms with Crippen molar-refractivity contribution < 1.29 is 38.7 Å². The van der Waals surface area contributed by atoms with E-state index in [1.807, 2.05) is 30.3 Å². The number of carbonyl (C=O) groups is 2. The lowest BCUT2D eigenvalue weighted by atomic mass is 9.98. The van der Waals surface area contributed by atoms with E-state index in [1.165, 1.54) is 14.0 Å². The molecule has 0 radical (unpaired) electrons. The quantitative estimate of drug-likeness (QED) is 0.712. The molecule has 0 amide bonds. The maximum atomic E-state index is 11.3. The van der Waals surface area contributed by atoms with Crippen LogP contribution in [0.5, 0.6) is 0 Å². The zero-order valence-electron chi connectivity index (χ0n) is 13.3. The van der Waals surface area contributed by atoms with E-state index in [0.717, 1.165) is 5.56 Å². The van der Waals surface area contributed by atoms with E-state index in [1.54, 1.807) is 0 Å². The average molecular weight is 340 g/mol. The SMILES string of the molecule is CO[C@@H]1O[C@@H](C(=O)O)[C@@H](O)[C@H](OCc2ccccc2)[C@H]1OC(C)=O. The smallest absolute Gasteiger partial charge is 0.335 e. The number of ether oxygens (including phenoxy) is 4. The Labute approximate surface area is 138 Å². The van der Waals surface area contributed by atoms with E-state index in [-0.39, 0.29) is 6.61 Å². The molecule has 1 aliphatic rings. The molecule has 0 bridgehead atoms. The second-order valence-electron chi connectivity index (χ2n) is 5.32. The third kappa shape index (κ3) is 4.30. The normalized spacial score (nSPS) is 29.9. The van der Waals surface area contributed by atoms with Crippen molar-refractivity contribution in [1.29, 1.82) is 0 Å². The van der Waals surface area contributed by atoms with Gasteiger partial charge in [0.2, 0.25) is 0 Å². The number of hydrogen-bond donors (Lipinski definition) is 2. The van der Waals surface area contributed by atoms with Gasteiger partial charge in [0.15, 0.2) is 18.5 Å². The van der Waals surface area contributed by atoms with Gasteiger partial charge in [0.1, 0.15) is 12.2 Å². The van der Waals surface area contributed by atoms with Crippen molar-refractivity contribution in [2.45, 2.75) is 44.2 Å². The minimum Gasteiger partial charge on any atom is -0.479 e. The summed E-state index contributed by atoms with van der Waals surface area (Å²) in [5.41, 5.74) is 0.818. The van der Waals surface area contributed by atoms with Gasteiger partial charge in [-0.15, -0.1) is 0 Å². The molecule has 0 aliphatic carbocycles. The Bertz CT molecular complexity index is 560. The lowest BCUT2D eigenvalue weighted by Gasteiger charge is -2.41. The van der Waals surface area contributed by atoms with E-state index in [0.29, 0.717) is 0 Å². The highest BCUT2D eigenvalue weighted by atomic mass is 16.7. The Hall–Kier alpha value is -2.00. The van der Waals surface area contributed by atoms with Gasteiger partial charge in [0, 0.05) is 14.0 Å². The van der Waals surface area contributed by atoms with Crippen LogP contribution < -0.4 is 0 Å². The molecule has 1 aromatic carbocycles. The summed E-state index contributed by atoms with van der Waals surface area (Å²) in [7, 11) is 1.28. The van der Waals surface area contributed by atoms with Crippen molar-refractivity contribution in [2.24, 2.45) is 0 Å². The van der Waals surface area contributed by atoms with Crippen LogP contribution in [0.3, 0.4) is 0 Å². The number of esters is 1. The molecule has 0 spiro atoms. The summed E-state index contributed by atoms with van der Waals surface area (Å²) in [4.78, 5) is 22.6. The summed E-state index contributed by atoms with van der Waals surface area (Å²) < 4.78 is 21.0. The molecule has 132 valence electrons. The number of rotatable bonds is 6. The molecule has 5 atom stereocenters. The first-order chi connectivity index (χ1) is 11.4. The summed E-state index contributed by atoms with van der Waals surface area (Å²) in [6.45, 7) is 1.29. The molecule has 0 aromatic heterocycles. The number of carboxylic acid groups (broad SMARTS) is 1. The van der Waals surface area contributed by atoms with Crippen LogP contribution in [0.2, 0.25) is 0 Å². The van der Waals surface area contributed by atoms with E-state index >= 15 is 0 Å². The Morgan fingerprint density at radius 3 is 2.42 bits per heavy atom. The monoisotopic (exact) mass is 340 g/mol. The Morgan fingerprint density at radius 1 is 1.21 bits per heavy atom. The van der Waals surface area contributed by atoms with Crippen molar-refractivity contribution in [3.8, 4) is 0 Å². The number of benzene rings is 1. The topological polar surface area (TPSA) is 112 Å². The Kier molecular flexibility index (Phi) is 6.27. The molecule has 1 aliphatic heterocycles. The predicted molar refractivity (Wildman–Crippen MR) is 79.9 cm³/mol. The number of aliphatic hydroxyl groups excluding tert-OH is 1. The van der Waals surface area contributed by atoms with Crippen LogP contribution in [0.4, 0.5) is 0 Å².